The van der Waals surface area contributed by atoms with E-state index in [0.717, 1.165) is 16.1 Å². The Morgan fingerprint density at radius 1 is 1.09 bits per heavy atom. The van der Waals surface area contributed by atoms with Crippen molar-refractivity contribution in [3.63, 3.8) is 0 Å². The zero-order valence-corrected chi connectivity index (χ0v) is 15.5. The van der Waals surface area contributed by atoms with Gasteiger partial charge < -0.3 is 4.57 Å². The van der Waals surface area contributed by atoms with Crippen molar-refractivity contribution in [3.05, 3.63) is 45.2 Å². The lowest BCUT2D eigenvalue weighted by Crippen LogP contribution is -2.15. The zero-order valence-electron chi connectivity index (χ0n) is 13.8. The molecule has 0 aliphatic carbocycles. The van der Waals surface area contributed by atoms with E-state index in [-0.39, 0.29) is 10.3 Å². The Hall–Kier alpha value is -1.40. The van der Waals surface area contributed by atoms with Gasteiger partial charge in [-0.3, -0.25) is 0 Å². The monoisotopic (exact) mass is 338 g/mol. The maximum atomic E-state index is 12.5. The largest absolute Gasteiger partial charge is 0.323 e. The van der Waals surface area contributed by atoms with Crippen molar-refractivity contribution in [2.24, 2.45) is 11.4 Å². The van der Waals surface area contributed by atoms with Gasteiger partial charge in [0, 0.05) is 17.6 Å². The van der Waals surface area contributed by atoms with E-state index in [9.17, 15) is 8.42 Å². The van der Waals surface area contributed by atoms with Gasteiger partial charge in [0.15, 0.2) is 0 Å². The van der Waals surface area contributed by atoms with E-state index in [1.165, 1.54) is 11.3 Å². The quantitative estimate of drug-likeness (QED) is 0.844. The first-order valence-corrected chi connectivity index (χ1v) is 9.32. The molecule has 0 amide bonds. The number of rotatable bonds is 2. The van der Waals surface area contributed by atoms with Crippen molar-refractivity contribution in [2.75, 3.05) is 0 Å². The Labute approximate surface area is 136 Å². The van der Waals surface area contributed by atoms with Crippen molar-refractivity contribution >= 4 is 21.4 Å². The van der Waals surface area contributed by atoms with E-state index in [1.54, 1.807) is 24.3 Å². The summed E-state index contributed by atoms with van der Waals surface area (Å²) in [5.74, 6) is 0. The molecule has 2 aromatic rings. The molecule has 0 N–H and O–H groups in total. The SMILES string of the molecule is Cc1ccc(S(=O)(=O)/N=c2/sc(C(C)(C)C)c(C)n2C)cc1. The fraction of sp³-hybridized carbons (Fsp3) is 0.438. The maximum Gasteiger partial charge on any atom is 0.285 e. The Kier molecular flexibility index (Phi) is 4.37. The summed E-state index contributed by atoms with van der Waals surface area (Å²) < 4.78 is 30.8. The molecule has 120 valence electrons. The number of nitrogens with zero attached hydrogens (tertiary/aromatic N) is 2. The second kappa shape index (κ2) is 5.66. The summed E-state index contributed by atoms with van der Waals surface area (Å²) in [7, 11) is -1.84. The summed E-state index contributed by atoms with van der Waals surface area (Å²) in [5, 5.41) is 0. The van der Waals surface area contributed by atoms with E-state index in [0.29, 0.717) is 4.80 Å². The molecule has 0 aliphatic heterocycles. The molecule has 0 atom stereocenters. The lowest BCUT2D eigenvalue weighted by atomic mass is 9.93. The summed E-state index contributed by atoms with van der Waals surface area (Å²) >= 11 is 1.43. The minimum absolute atomic E-state index is 0.0338. The molecular formula is C16H22N2O2S2. The molecule has 0 bridgehead atoms. The number of sulfonamides is 1. The van der Waals surface area contributed by atoms with Crippen LogP contribution in [0.25, 0.3) is 0 Å². The van der Waals surface area contributed by atoms with Gasteiger partial charge in [-0.2, -0.15) is 8.42 Å². The van der Waals surface area contributed by atoms with Gasteiger partial charge in [-0.05, 0) is 31.4 Å². The molecule has 22 heavy (non-hydrogen) atoms. The summed E-state index contributed by atoms with van der Waals surface area (Å²) in [6, 6.07) is 6.75. The molecular weight excluding hydrogens is 316 g/mol. The van der Waals surface area contributed by atoms with Crippen LogP contribution in [0, 0.1) is 13.8 Å². The number of aromatic nitrogens is 1. The highest BCUT2D eigenvalue weighted by Gasteiger charge is 2.22. The summed E-state index contributed by atoms with van der Waals surface area (Å²) in [6.07, 6.45) is 0. The van der Waals surface area contributed by atoms with Crippen LogP contribution < -0.4 is 4.80 Å². The molecule has 2 rings (SSSR count). The summed E-state index contributed by atoms with van der Waals surface area (Å²) in [4.78, 5) is 1.87. The first kappa shape index (κ1) is 17.0. The lowest BCUT2D eigenvalue weighted by molar-refractivity contribution is 0.592. The van der Waals surface area contributed by atoms with Gasteiger partial charge in [-0.15, -0.1) is 15.7 Å². The summed E-state index contributed by atoms with van der Waals surface area (Å²) in [5.41, 5.74) is 2.04. The van der Waals surface area contributed by atoms with Crippen LogP contribution in [0.5, 0.6) is 0 Å². The third-order valence-corrected chi connectivity index (χ3v) is 6.57. The Balaban J connectivity index is 2.61. The van der Waals surface area contributed by atoms with Gasteiger partial charge in [-0.25, -0.2) is 0 Å². The number of aryl methyl sites for hydroxylation is 1. The van der Waals surface area contributed by atoms with Crippen LogP contribution in [0.2, 0.25) is 0 Å². The lowest BCUT2D eigenvalue weighted by Gasteiger charge is -2.17. The van der Waals surface area contributed by atoms with E-state index < -0.39 is 10.0 Å². The van der Waals surface area contributed by atoms with Crippen molar-refractivity contribution in [1.82, 2.24) is 4.57 Å². The Morgan fingerprint density at radius 3 is 2.09 bits per heavy atom. The van der Waals surface area contributed by atoms with Crippen LogP contribution in [0.4, 0.5) is 0 Å². The highest BCUT2D eigenvalue weighted by atomic mass is 32.2. The first-order valence-electron chi connectivity index (χ1n) is 7.07. The minimum atomic E-state index is -3.69. The fourth-order valence-electron chi connectivity index (χ4n) is 2.17. The predicted molar refractivity (Wildman–Crippen MR) is 90.7 cm³/mol. The molecule has 1 aromatic carbocycles. The van der Waals surface area contributed by atoms with E-state index in [4.69, 9.17) is 0 Å². The number of hydrogen-bond acceptors (Lipinski definition) is 3. The first-order chi connectivity index (χ1) is 10.0. The molecule has 0 radical (unpaired) electrons. The molecule has 0 fully saturated rings. The van der Waals surface area contributed by atoms with Crippen molar-refractivity contribution < 1.29 is 8.42 Å². The second-order valence-electron chi connectivity index (χ2n) is 6.49. The third-order valence-electron chi connectivity index (χ3n) is 3.51. The van der Waals surface area contributed by atoms with Crippen LogP contribution in [-0.4, -0.2) is 13.0 Å². The molecule has 4 nitrogen and oxygen atoms in total. The fourth-order valence-corrected chi connectivity index (χ4v) is 4.58. The van der Waals surface area contributed by atoms with E-state index in [1.807, 2.05) is 25.5 Å². The normalized spacial score (nSPS) is 13.6. The third kappa shape index (κ3) is 3.33. The van der Waals surface area contributed by atoms with Crippen LogP contribution in [0.3, 0.4) is 0 Å². The van der Waals surface area contributed by atoms with Crippen molar-refractivity contribution in [1.29, 1.82) is 0 Å². The molecule has 6 heteroatoms. The van der Waals surface area contributed by atoms with E-state index >= 15 is 0 Å². The Morgan fingerprint density at radius 2 is 1.64 bits per heavy atom. The highest BCUT2D eigenvalue weighted by Crippen LogP contribution is 2.28. The smallest absolute Gasteiger partial charge is 0.285 e. The Bertz CT molecular complexity index is 849. The number of hydrogen-bond donors (Lipinski definition) is 0. The average molecular weight is 338 g/mol. The number of benzene rings is 1. The molecule has 0 spiro atoms. The number of thiazole rings is 1. The zero-order chi connectivity index (χ0) is 16.7. The van der Waals surface area contributed by atoms with Crippen LogP contribution in [0.1, 0.15) is 36.9 Å². The molecule has 1 aromatic heterocycles. The molecule has 0 aliphatic rings. The van der Waals surface area contributed by atoms with Crippen molar-refractivity contribution in [2.45, 2.75) is 44.9 Å². The van der Waals surface area contributed by atoms with Crippen LogP contribution in [-0.2, 0) is 22.5 Å². The van der Waals surface area contributed by atoms with Gasteiger partial charge >= 0.3 is 0 Å². The topological polar surface area (TPSA) is 51.4 Å². The van der Waals surface area contributed by atoms with Crippen LogP contribution in [0.15, 0.2) is 33.6 Å². The maximum absolute atomic E-state index is 12.5. The highest BCUT2D eigenvalue weighted by molar-refractivity contribution is 7.90. The second-order valence-corrected chi connectivity index (χ2v) is 9.07. The molecule has 0 saturated heterocycles. The van der Waals surface area contributed by atoms with Gasteiger partial charge in [0.05, 0.1) is 4.90 Å². The average Bonchev–Trinajstić information content (AvgIpc) is 2.67. The van der Waals surface area contributed by atoms with Gasteiger partial charge in [0.1, 0.15) is 0 Å². The standard InChI is InChI=1S/C16H22N2O2S2/c1-11-7-9-13(10-8-11)22(19,20)17-15-18(6)12(2)14(21-15)16(3,4)5/h7-10H,1-6H3/b17-15+. The van der Waals surface area contributed by atoms with Gasteiger partial charge in [0.2, 0.25) is 4.80 Å². The summed E-state index contributed by atoms with van der Waals surface area (Å²) in [6.45, 7) is 10.3. The van der Waals surface area contributed by atoms with Gasteiger partial charge in [0.25, 0.3) is 10.0 Å². The molecule has 1 heterocycles. The van der Waals surface area contributed by atoms with Crippen molar-refractivity contribution in [3.8, 4) is 0 Å². The van der Waals surface area contributed by atoms with E-state index in [2.05, 4.69) is 25.2 Å². The van der Waals surface area contributed by atoms with Gasteiger partial charge in [-0.1, -0.05) is 38.5 Å². The molecule has 0 unspecified atom stereocenters. The minimum Gasteiger partial charge on any atom is -0.323 e. The molecule has 0 saturated carbocycles. The predicted octanol–water partition coefficient (Wildman–Crippen LogP) is 3.29. The van der Waals surface area contributed by atoms with Crippen LogP contribution >= 0.6 is 11.3 Å².